The zero-order valence-electron chi connectivity index (χ0n) is 14.1. The summed E-state index contributed by atoms with van der Waals surface area (Å²) >= 11 is 0. The molecule has 1 aromatic rings. The molecule has 1 aromatic carbocycles. The van der Waals surface area contributed by atoms with Gasteiger partial charge in [-0.05, 0) is 64.2 Å². The fourth-order valence-electron chi connectivity index (χ4n) is 2.39. The molecule has 0 radical (unpaired) electrons. The third-order valence-electron chi connectivity index (χ3n) is 3.93. The van der Waals surface area contributed by atoms with Gasteiger partial charge in [0.2, 0.25) is 0 Å². The molecule has 0 aromatic heterocycles. The lowest BCUT2D eigenvalue weighted by molar-refractivity contribution is -0.148. The van der Waals surface area contributed by atoms with Crippen LogP contribution in [-0.2, 0) is 4.79 Å². The van der Waals surface area contributed by atoms with E-state index in [9.17, 15) is 9.90 Å². The van der Waals surface area contributed by atoms with Crippen molar-refractivity contribution in [1.29, 1.82) is 0 Å². The van der Waals surface area contributed by atoms with Gasteiger partial charge in [-0.15, -0.1) is 0 Å². The second kappa shape index (κ2) is 6.50. The fraction of sp³-hybridized carbons (Fsp3) is 0.611. The molecular formula is C18H28O3. The second-order valence-electron chi connectivity index (χ2n) is 7.11. The standard InChI is InChI=1S/C18H28O3/c1-7-18(6,16(19)20)12-13(2)14-8-10-15(11-9-14)21-17(3,4)5/h8-11,13H,7,12H2,1-6H3,(H,19,20). The van der Waals surface area contributed by atoms with Crippen molar-refractivity contribution in [3.8, 4) is 5.75 Å². The highest BCUT2D eigenvalue weighted by Gasteiger charge is 2.33. The Bertz CT molecular complexity index is 470. The Labute approximate surface area is 128 Å². The number of benzene rings is 1. The molecule has 2 unspecified atom stereocenters. The normalized spacial score (nSPS) is 16.1. The quantitative estimate of drug-likeness (QED) is 0.814. The first-order valence-electron chi connectivity index (χ1n) is 7.60. The van der Waals surface area contributed by atoms with E-state index in [1.165, 1.54) is 0 Å². The van der Waals surface area contributed by atoms with Gasteiger partial charge in [0, 0.05) is 0 Å². The summed E-state index contributed by atoms with van der Waals surface area (Å²) < 4.78 is 5.80. The Morgan fingerprint density at radius 3 is 2.10 bits per heavy atom. The minimum Gasteiger partial charge on any atom is -0.488 e. The zero-order chi connectivity index (χ0) is 16.3. The highest BCUT2D eigenvalue weighted by molar-refractivity contribution is 5.74. The molecule has 21 heavy (non-hydrogen) atoms. The molecule has 3 heteroatoms. The Hall–Kier alpha value is -1.51. The van der Waals surface area contributed by atoms with Crippen molar-refractivity contribution in [3.05, 3.63) is 29.8 Å². The van der Waals surface area contributed by atoms with Gasteiger partial charge >= 0.3 is 5.97 Å². The molecule has 0 saturated carbocycles. The minimum absolute atomic E-state index is 0.203. The number of carboxylic acids is 1. The maximum Gasteiger partial charge on any atom is 0.309 e. The summed E-state index contributed by atoms with van der Waals surface area (Å²) in [5.74, 6) is 0.328. The summed E-state index contributed by atoms with van der Waals surface area (Å²) in [7, 11) is 0. The maximum absolute atomic E-state index is 11.4. The van der Waals surface area contributed by atoms with E-state index >= 15 is 0 Å². The lowest BCUT2D eigenvalue weighted by atomic mass is 9.77. The largest absolute Gasteiger partial charge is 0.488 e. The molecule has 1 rings (SSSR count). The van der Waals surface area contributed by atoms with Crippen LogP contribution in [0.1, 0.15) is 65.9 Å². The maximum atomic E-state index is 11.4. The summed E-state index contributed by atoms with van der Waals surface area (Å²) in [6.45, 7) is 11.9. The molecule has 0 heterocycles. The Kier molecular flexibility index (Phi) is 5.43. The first kappa shape index (κ1) is 17.5. The summed E-state index contributed by atoms with van der Waals surface area (Å²) in [5, 5.41) is 9.38. The Balaban J connectivity index is 2.80. The third-order valence-corrected chi connectivity index (χ3v) is 3.93. The van der Waals surface area contributed by atoms with Gasteiger partial charge in [-0.2, -0.15) is 0 Å². The monoisotopic (exact) mass is 292 g/mol. The minimum atomic E-state index is -0.718. The van der Waals surface area contributed by atoms with Crippen LogP contribution in [0.15, 0.2) is 24.3 Å². The third kappa shape index (κ3) is 5.07. The predicted octanol–water partition coefficient (Wildman–Crippen LogP) is 4.86. The molecule has 0 fully saturated rings. The highest BCUT2D eigenvalue weighted by Crippen LogP contribution is 2.35. The number of carboxylic acid groups (broad SMARTS) is 1. The van der Waals surface area contributed by atoms with E-state index in [1.54, 1.807) is 0 Å². The number of aliphatic carboxylic acids is 1. The number of ether oxygens (including phenoxy) is 1. The molecule has 0 spiro atoms. The Morgan fingerprint density at radius 2 is 1.71 bits per heavy atom. The number of hydrogen-bond acceptors (Lipinski definition) is 2. The molecule has 0 amide bonds. The molecular weight excluding hydrogens is 264 g/mol. The van der Waals surface area contributed by atoms with Gasteiger partial charge in [0.1, 0.15) is 11.4 Å². The summed E-state index contributed by atoms with van der Waals surface area (Å²) in [6, 6.07) is 7.98. The van der Waals surface area contributed by atoms with Crippen LogP contribution in [0, 0.1) is 5.41 Å². The lowest BCUT2D eigenvalue weighted by Crippen LogP contribution is -2.28. The number of hydrogen-bond donors (Lipinski definition) is 1. The van der Waals surface area contributed by atoms with Gasteiger partial charge in [-0.3, -0.25) is 4.79 Å². The molecule has 118 valence electrons. The van der Waals surface area contributed by atoms with Gasteiger partial charge in [-0.25, -0.2) is 0 Å². The van der Waals surface area contributed by atoms with E-state index in [1.807, 2.05) is 58.9 Å². The van der Waals surface area contributed by atoms with Gasteiger partial charge in [-0.1, -0.05) is 26.0 Å². The van der Waals surface area contributed by atoms with Crippen LogP contribution in [0.3, 0.4) is 0 Å². The van der Waals surface area contributed by atoms with Crippen LogP contribution < -0.4 is 4.74 Å². The van der Waals surface area contributed by atoms with Crippen LogP contribution in [0.5, 0.6) is 5.75 Å². The van der Waals surface area contributed by atoms with Gasteiger partial charge in [0.05, 0.1) is 5.41 Å². The van der Waals surface area contributed by atoms with Crippen molar-refractivity contribution in [1.82, 2.24) is 0 Å². The van der Waals surface area contributed by atoms with Crippen LogP contribution in [-0.4, -0.2) is 16.7 Å². The summed E-state index contributed by atoms with van der Waals surface area (Å²) in [4.78, 5) is 11.4. The highest BCUT2D eigenvalue weighted by atomic mass is 16.5. The molecule has 0 saturated heterocycles. The van der Waals surface area contributed by atoms with Crippen LogP contribution in [0.2, 0.25) is 0 Å². The van der Waals surface area contributed by atoms with Crippen molar-refractivity contribution < 1.29 is 14.6 Å². The zero-order valence-corrected chi connectivity index (χ0v) is 14.1. The number of rotatable bonds is 6. The van der Waals surface area contributed by atoms with Gasteiger partial charge in [0.15, 0.2) is 0 Å². The SMILES string of the molecule is CCC(C)(CC(C)c1ccc(OC(C)(C)C)cc1)C(=O)O. The van der Waals surface area contributed by atoms with Crippen molar-refractivity contribution in [2.24, 2.45) is 5.41 Å². The predicted molar refractivity (Wildman–Crippen MR) is 85.9 cm³/mol. The average Bonchev–Trinajstić information content (AvgIpc) is 2.37. The van der Waals surface area contributed by atoms with Gasteiger partial charge < -0.3 is 9.84 Å². The molecule has 3 nitrogen and oxygen atoms in total. The lowest BCUT2D eigenvalue weighted by Gasteiger charge is -2.27. The van der Waals surface area contributed by atoms with E-state index < -0.39 is 11.4 Å². The summed E-state index contributed by atoms with van der Waals surface area (Å²) in [5.41, 5.74) is 0.272. The fourth-order valence-corrected chi connectivity index (χ4v) is 2.39. The molecule has 2 atom stereocenters. The molecule has 0 aliphatic heterocycles. The topological polar surface area (TPSA) is 46.5 Å². The van der Waals surface area contributed by atoms with Crippen LogP contribution in [0.4, 0.5) is 0 Å². The molecule has 0 aliphatic rings. The van der Waals surface area contributed by atoms with Crippen molar-refractivity contribution in [3.63, 3.8) is 0 Å². The Morgan fingerprint density at radius 1 is 1.19 bits per heavy atom. The molecule has 0 bridgehead atoms. The van der Waals surface area contributed by atoms with Crippen molar-refractivity contribution in [2.75, 3.05) is 0 Å². The van der Waals surface area contributed by atoms with Gasteiger partial charge in [0.25, 0.3) is 0 Å². The van der Waals surface area contributed by atoms with Crippen molar-refractivity contribution >= 4 is 5.97 Å². The average molecular weight is 292 g/mol. The molecule has 1 N–H and O–H groups in total. The molecule has 0 aliphatic carbocycles. The van der Waals surface area contributed by atoms with E-state index in [0.29, 0.717) is 12.8 Å². The van der Waals surface area contributed by atoms with Crippen LogP contribution >= 0.6 is 0 Å². The van der Waals surface area contributed by atoms with E-state index in [4.69, 9.17) is 4.74 Å². The number of carbonyl (C=O) groups is 1. The summed E-state index contributed by atoms with van der Waals surface area (Å²) in [6.07, 6.45) is 1.27. The smallest absolute Gasteiger partial charge is 0.309 e. The van der Waals surface area contributed by atoms with Crippen molar-refractivity contribution in [2.45, 2.75) is 65.9 Å². The van der Waals surface area contributed by atoms with Crippen LogP contribution in [0.25, 0.3) is 0 Å². The van der Waals surface area contributed by atoms with E-state index in [-0.39, 0.29) is 11.5 Å². The second-order valence-corrected chi connectivity index (χ2v) is 7.11. The van der Waals surface area contributed by atoms with E-state index in [2.05, 4.69) is 6.92 Å². The van der Waals surface area contributed by atoms with E-state index in [0.717, 1.165) is 11.3 Å². The first-order chi connectivity index (χ1) is 9.57. The first-order valence-corrected chi connectivity index (χ1v) is 7.60.